The van der Waals surface area contributed by atoms with E-state index in [2.05, 4.69) is 24.3 Å². The number of rotatable bonds is 5. The normalized spacial score (nSPS) is 10.9. The minimum absolute atomic E-state index is 0.115. The lowest BCUT2D eigenvalue weighted by atomic mass is 10.1. The molecular weight excluding hydrogens is 271 g/mol. The van der Waals surface area contributed by atoms with Crippen molar-refractivity contribution in [2.24, 2.45) is 12.8 Å². The Morgan fingerprint density at radius 1 is 1.48 bits per heavy atom. The van der Waals surface area contributed by atoms with Crippen molar-refractivity contribution >= 4 is 11.6 Å². The number of hydrogen-bond acceptors (Lipinski definition) is 3. The molecule has 0 saturated carbocycles. The molecule has 0 saturated heterocycles. The average molecular weight is 290 g/mol. The van der Waals surface area contributed by atoms with E-state index in [9.17, 15) is 9.18 Å². The van der Waals surface area contributed by atoms with Crippen LogP contribution in [-0.2, 0) is 13.6 Å². The second-order valence-electron chi connectivity index (χ2n) is 5.28. The van der Waals surface area contributed by atoms with Crippen LogP contribution in [0.2, 0.25) is 0 Å². The Balaban J connectivity index is 2.17. The summed E-state index contributed by atoms with van der Waals surface area (Å²) in [6, 6.07) is 4.23. The SMILES string of the molecule is CC(C)c1nn(C)cc1CNc1ccc(F)c(C(N)=O)c1. The second-order valence-corrected chi connectivity index (χ2v) is 5.28. The van der Waals surface area contributed by atoms with Gasteiger partial charge in [-0.2, -0.15) is 5.10 Å². The van der Waals surface area contributed by atoms with E-state index in [-0.39, 0.29) is 5.56 Å². The molecule has 1 aromatic heterocycles. The summed E-state index contributed by atoms with van der Waals surface area (Å²) in [5.41, 5.74) is 7.75. The number of halogens is 1. The Hall–Kier alpha value is -2.37. The predicted octanol–water partition coefficient (Wildman–Crippen LogP) is 2.39. The Morgan fingerprint density at radius 3 is 2.81 bits per heavy atom. The number of nitrogens with one attached hydrogen (secondary N) is 1. The number of nitrogens with zero attached hydrogens (tertiary/aromatic N) is 2. The Morgan fingerprint density at radius 2 is 2.19 bits per heavy atom. The molecule has 0 radical (unpaired) electrons. The summed E-state index contributed by atoms with van der Waals surface area (Å²) in [5, 5.41) is 7.59. The number of nitrogens with two attached hydrogens (primary N) is 1. The van der Waals surface area contributed by atoms with Gasteiger partial charge in [0.15, 0.2) is 0 Å². The van der Waals surface area contributed by atoms with Gasteiger partial charge in [-0.1, -0.05) is 13.8 Å². The molecule has 5 nitrogen and oxygen atoms in total. The number of aryl methyl sites for hydroxylation is 1. The van der Waals surface area contributed by atoms with Gasteiger partial charge in [-0.15, -0.1) is 0 Å². The molecule has 0 aliphatic rings. The second kappa shape index (κ2) is 5.95. The highest BCUT2D eigenvalue weighted by molar-refractivity contribution is 5.94. The van der Waals surface area contributed by atoms with Crippen LogP contribution in [0.15, 0.2) is 24.4 Å². The van der Waals surface area contributed by atoms with E-state index in [0.29, 0.717) is 18.2 Å². The molecule has 21 heavy (non-hydrogen) atoms. The van der Waals surface area contributed by atoms with Crippen molar-refractivity contribution in [3.05, 3.63) is 47.0 Å². The van der Waals surface area contributed by atoms with Crippen molar-refractivity contribution in [1.82, 2.24) is 9.78 Å². The molecule has 0 atom stereocenters. The van der Waals surface area contributed by atoms with Crippen LogP contribution in [0.25, 0.3) is 0 Å². The molecule has 0 bridgehead atoms. The lowest BCUT2D eigenvalue weighted by Gasteiger charge is -2.09. The van der Waals surface area contributed by atoms with Crippen LogP contribution in [0.5, 0.6) is 0 Å². The fourth-order valence-corrected chi connectivity index (χ4v) is 2.20. The number of anilines is 1. The fourth-order valence-electron chi connectivity index (χ4n) is 2.20. The maximum Gasteiger partial charge on any atom is 0.251 e. The summed E-state index contributed by atoms with van der Waals surface area (Å²) in [6.07, 6.45) is 1.95. The van der Waals surface area contributed by atoms with E-state index in [0.717, 1.165) is 11.3 Å². The molecule has 2 aromatic rings. The smallest absolute Gasteiger partial charge is 0.251 e. The topological polar surface area (TPSA) is 72.9 Å². The van der Waals surface area contributed by atoms with Crippen molar-refractivity contribution in [3.63, 3.8) is 0 Å². The maximum atomic E-state index is 13.4. The number of primary amides is 1. The van der Waals surface area contributed by atoms with E-state index < -0.39 is 11.7 Å². The molecular formula is C15H19FN4O. The van der Waals surface area contributed by atoms with Crippen molar-refractivity contribution in [2.75, 3.05) is 5.32 Å². The van der Waals surface area contributed by atoms with Crippen LogP contribution in [0, 0.1) is 5.82 Å². The van der Waals surface area contributed by atoms with E-state index in [4.69, 9.17) is 5.73 Å². The Bertz CT molecular complexity index is 664. The number of hydrogen-bond donors (Lipinski definition) is 2. The van der Waals surface area contributed by atoms with Gasteiger partial charge in [-0.05, 0) is 24.1 Å². The van der Waals surface area contributed by atoms with Crippen molar-refractivity contribution < 1.29 is 9.18 Å². The number of aromatic nitrogens is 2. The Kier molecular flexibility index (Phi) is 4.26. The lowest BCUT2D eigenvalue weighted by Crippen LogP contribution is -2.13. The summed E-state index contributed by atoms with van der Waals surface area (Å²) in [5.74, 6) is -1.07. The largest absolute Gasteiger partial charge is 0.381 e. The molecule has 112 valence electrons. The molecule has 0 aliphatic heterocycles. The van der Waals surface area contributed by atoms with Crippen molar-refractivity contribution in [2.45, 2.75) is 26.3 Å². The van der Waals surface area contributed by atoms with Crippen LogP contribution < -0.4 is 11.1 Å². The summed E-state index contributed by atoms with van der Waals surface area (Å²) in [4.78, 5) is 11.1. The van der Waals surface area contributed by atoms with Gasteiger partial charge < -0.3 is 11.1 Å². The first-order valence-corrected chi connectivity index (χ1v) is 6.74. The highest BCUT2D eigenvalue weighted by Gasteiger charge is 2.12. The maximum absolute atomic E-state index is 13.4. The number of amides is 1. The molecule has 0 fully saturated rings. The van der Waals surface area contributed by atoms with Crippen LogP contribution in [-0.4, -0.2) is 15.7 Å². The van der Waals surface area contributed by atoms with E-state index in [1.807, 2.05) is 13.2 Å². The molecule has 6 heteroatoms. The Labute approximate surface area is 123 Å². The summed E-state index contributed by atoms with van der Waals surface area (Å²) >= 11 is 0. The van der Waals surface area contributed by atoms with E-state index in [1.54, 1.807) is 10.7 Å². The lowest BCUT2D eigenvalue weighted by molar-refractivity contribution is 0.0996. The van der Waals surface area contributed by atoms with Gasteiger partial charge in [0.05, 0.1) is 11.3 Å². The summed E-state index contributed by atoms with van der Waals surface area (Å²) in [6.45, 7) is 4.70. The molecule has 3 N–H and O–H groups in total. The van der Waals surface area contributed by atoms with Crippen LogP contribution in [0.1, 0.15) is 41.4 Å². The molecule has 1 amide bonds. The van der Waals surface area contributed by atoms with Crippen molar-refractivity contribution in [1.29, 1.82) is 0 Å². The van der Waals surface area contributed by atoms with Gasteiger partial charge in [0, 0.05) is 31.0 Å². The molecule has 0 unspecified atom stereocenters. The number of carbonyl (C=O) groups is 1. The van der Waals surface area contributed by atoms with Gasteiger partial charge >= 0.3 is 0 Å². The minimum Gasteiger partial charge on any atom is -0.381 e. The third-order valence-electron chi connectivity index (χ3n) is 3.20. The average Bonchev–Trinajstić information content (AvgIpc) is 2.79. The molecule has 0 spiro atoms. The van der Waals surface area contributed by atoms with Crippen LogP contribution >= 0.6 is 0 Å². The van der Waals surface area contributed by atoms with Gasteiger partial charge in [0.1, 0.15) is 5.82 Å². The first kappa shape index (κ1) is 15.0. The first-order valence-electron chi connectivity index (χ1n) is 6.74. The van der Waals surface area contributed by atoms with E-state index >= 15 is 0 Å². The van der Waals surface area contributed by atoms with Gasteiger partial charge in [0.2, 0.25) is 0 Å². The number of benzene rings is 1. The zero-order valence-corrected chi connectivity index (χ0v) is 12.4. The van der Waals surface area contributed by atoms with Gasteiger partial charge in [-0.25, -0.2) is 4.39 Å². The molecule has 1 heterocycles. The highest BCUT2D eigenvalue weighted by Crippen LogP contribution is 2.20. The predicted molar refractivity (Wildman–Crippen MR) is 79.5 cm³/mol. The van der Waals surface area contributed by atoms with E-state index in [1.165, 1.54) is 12.1 Å². The minimum atomic E-state index is -0.777. The third-order valence-corrected chi connectivity index (χ3v) is 3.20. The van der Waals surface area contributed by atoms with Crippen LogP contribution in [0.3, 0.4) is 0 Å². The van der Waals surface area contributed by atoms with Gasteiger partial charge in [0.25, 0.3) is 5.91 Å². The summed E-state index contributed by atoms with van der Waals surface area (Å²) in [7, 11) is 1.87. The first-order chi connectivity index (χ1) is 9.88. The third kappa shape index (κ3) is 3.39. The van der Waals surface area contributed by atoms with Crippen molar-refractivity contribution in [3.8, 4) is 0 Å². The summed E-state index contributed by atoms with van der Waals surface area (Å²) < 4.78 is 15.2. The molecule has 1 aromatic carbocycles. The quantitative estimate of drug-likeness (QED) is 0.888. The van der Waals surface area contributed by atoms with Crippen LogP contribution in [0.4, 0.5) is 10.1 Å². The standard InChI is InChI=1S/C15H19FN4O/c1-9(2)14-10(8-20(3)19-14)7-18-11-4-5-13(16)12(6-11)15(17)21/h4-6,8-9,18H,7H2,1-3H3,(H2,17,21). The molecule has 0 aliphatic carbocycles. The monoisotopic (exact) mass is 290 g/mol. The fraction of sp³-hybridized carbons (Fsp3) is 0.333. The molecule has 2 rings (SSSR count). The zero-order chi connectivity index (χ0) is 15.6. The van der Waals surface area contributed by atoms with Gasteiger partial charge in [-0.3, -0.25) is 9.48 Å². The number of carbonyl (C=O) groups excluding carboxylic acids is 1. The highest BCUT2D eigenvalue weighted by atomic mass is 19.1. The zero-order valence-electron chi connectivity index (χ0n) is 12.4.